The maximum atomic E-state index is 13.8. The smallest absolute Gasteiger partial charge is 0.262 e. The van der Waals surface area contributed by atoms with E-state index in [1.54, 1.807) is 44.2 Å². The molecular formula is C29H25NO6S. The molecule has 2 amide bonds. The summed E-state index contributed by atoms with van der Waals surface area (Å²) in [4.78, 5) is 39.7. The quantitative estimate of drug-likeness (QED) is 0.582. The number of fused-ring (bicyclic) bond motifs is 3. The normalized spacial score (nSPS) is 27.9. The van der Waals surface area contributed by atoms with E-state index in [-0.39, 0.29) is 33.3 Å². The van der Waals surface area contributed by atoms with Gasteiger partial charge in [0.1, 0.15) is 11.5 Å². The molecule has 3 unspecified atom stereocenters. The molecule has 0 radical (unpaired) electrons. The van der Waals surface area contributed by atoms with Crippen molar-refractivity contribution in [1.82, 2.24) is 5.32 Å². The van der Waals surface area contributed by atoms with Gasteiger partial charge in [0.25, 0.3) is 11.8 Å². The topological polar surface area (TPSA) is 110 Å². The molecule has 6 rings (SSSR count). The second-order valence-electron chi connectivity index (χ2n) is 10.7. The Morgan fingerprint density at radius 3 is 2.38 bits per heavy atom. The number of aromatic hydroxyl groups is 1. The zero-order valence-electron chi connectivity index (χ0n) is 20.8. The van der Waals surface area contributed by atoms with Gasteiger partial charge in [-0.1, -0.05) is 42.8 Å². The first kappa shape index (κ1) is 23.6. The van der Waals surface area contributed by atoms with Gasteiger partial charge in [-0.25, -0.2) is 4.21 Å². The molecule has 2 aliphatic carbocycles. The van der Waals surface area contributed by atoms with Gasteiger partial charge in [-0.2, -0.15) is 0 Å². The van der Waals surface area contributed by atoms with Crippen molar-refractivity contribution in [3.63, 3.8) is 0 Å². The largest absolute Gasteiger partial charge is 0.507 e. The minimum absolute atomic E-state index is 0.0168. The average Bonchev–Trinajstić information content (AvgIpc) is 3.16. The molecule has 2 heterocycles. The second-order valence-corrected chi connectivity index (χ2v) is 12.2. The number of Topliss-reactive ketones (excluding diaryl/α,β-unsaturated/α-hetero) is 1. The summed E-state index contributed by atoms with van der Waals surface area (Å²) in [6, 6.07) is 10.3. The average molecular weight is 516 g/mol. The lowest BCUT2D eigenvalue weighted by molar-refractivity contribution is -0.124. The Bertz CT molecular complexity index is 1580. The fourth-order valence-corrected chi connectivity index (χ4v) is 7.50. The number of allylic oxidation sites excluding steroid dienone is 3. The van der Waals surface area contributed by atoms with Crippen molar-refractivity contribution in [1.29, 1.82) is 0 Å². The molecule has 2 N–H and O–H groups in total. The molecule has 0 saturated heterocycles. The minimum Gasteiger partial charge on any atom is -0.507 e. The van der Waals surface area contributed by atoms with Crippen LogP contribution in [-0.2, 0) is 22.0 Å². The predicted molar refractivity (Wildman–Crippen MR) is 137 cm³/mol. The summed E-state index contributed by atoms with van der Waals surface area (Å²) in [5.41, 5.74) is -0.976. The molecule has 7 nitrogen and oxygen atoms in total. The van der Waals surface area contributed by atoms with Crippen LogP contribution in [0.25, 0.3) is 0 Å². The highest BCUT2D eigenvalue weighted by molar-refractivity contribution is 7.90. The van der Waals surface area contributed by atoms with E-state index < -0.39 is 39.0 Å². The molecule has 0 saturated carbocycles. The summed E-state index contributed by atoms with van der Waals surface area (Å²) < 4.78 is 20.6. The van der Waals surface area contributed by atoms with Crippen molar-refractivity contribution >= 4 is 28.4 Å². The van der Waals surface area contributed by atoms with E-state index in [9.17, 15) is 23.7 Å². The van der Waals surface area contributed by atoms with Crippen molar-refractivity contribution in [2.75, 3.05) is 0 Å². The standard InChI is InChI=1S/C29H25NO6S/c1-15-10-11-20-27(2,3)24(32)19(37(35)17-8-6-5-7-9-17)14-29(20)28(15,4)13-16-12-18(31)21-22(23(16)36-29)26(34)30-25(21)33/h5-12,14,31H,13H2,1-4H3,(H,30,33,34). The first-order valence-corrected chi connectivity index (χ1v) is 13.2. The van der Waals surface area contributed by atoms with Gasteiger partial charge in [0.15, 0.2) is 11.4 Å². The number of hydrogen-bond acceptors (Lipinski definition) is 6. The number of amides is 2. The number of phenols is 1. The molecule has 37 heavy (non-hydrogen) atoms. The highest BCUT2D eigenvalue weighted by Gasteiger charge is 2.64. The molecule has 2 aliphatic heterocycles. The van der Waals surface area contributed by atoms with E-state index >= 15 is 0 Å². The zero-order valence-corrected chi connectivity index (χ0v) is 21.6. The second kappa shape index (κ2) is 7.38. The fourth-order valence-electron chi connectivity index (χ4n) is 6.14. The maximum absolute atomic E-state index is 13.8. The van der Waals surface area contributed by atoms with Crippen LogP contribution < -0.4 is 10.1 Å². The van der Waals surface area contributed by atoms with Crippen LogP contribution in [0.3, 0.4) is 0 Å². The Morgan fingerprint density at radius 1 is 1.00 bits per heavy atom. The molecule has 8 heteroatoms. The van der Waals surface area contributed by atoms with Crippen LogP contribution in [0.2, 0.25) is 0 Å². The van der Waals surface area contributed by atoms with Gasteiger partial charge < -0.3 is 9.84 Å². The molecule has 1 spiro atoms. The number of carbonyl (C=O) groups excluding carboxylic acids is 3. The van der Waals surface area contributed by atoms with Crippen molar-refractivity contribution in [2.45, 2.75) is 44.6 Å². The van der Waals surface area contributed by atoms with Crippen LogP contribution in [0.4, 0.5) is 0 Å². The van der Waals surface area contributed by atoms with Gasteiger partial charge in [0, 0.05) is 10.3 Å². The number of carbonyl (C=O) groups is 3. The molecule has 2 aromatic carbocycles. The maximum Gasteiger partial charge on any atom is 0.262 e. The van der Waals surface area contributed by atoms with Gasteiger partial charge in [0.2, 0.25) is 0 Å². The molecule has 0 fully saturated rings. The van der Waals surface area contributed by atoms with E-state index in [4.69, 9.17) is 4.74 Å². The monoisotopic (exact) mass is 515 g/mol. The SMILES string of the molecule is CC1=CC=C2C(C)(C)C(=O)C(S(=O)c3ccccc3)=CC23Oc2c(cc(O)c4c2C(=O)NC4=O)CC13C. The third kappa shape index (κ3) is 2.87. The Kier molecular flexibility index (Phi) is 4.71. The Hall–Kier alpha value is -3.78. The van der Waals surface area contributed by atoms with E-state index in [0.717, 1.165) is 5.57 Å². The van der Waals surface area contributed by atoms with Gasteiger partial charge >= 0.3 is 0 Å². The number of ketones is 1. The molecule has 2 aromatic rings. The highest BCUT2D eigenvalue weighted by Crippen LogP contribution is 2.62. The van der Waals surface area contributed by atoms with Crippen LogP contribution in [0.5, 0.6) is 11.5 Å². The van der Waals surface area contributed by atoms with Gasteiger partial charge in [-0.15, -0.1) is 0 Å². The molecule has 3 atom stereocenters. The molecule has 0 aromatic heterocycles. The van der Waals surface area contributed by atoms with Gasteiger partial charge in [-0.05, 0) is 62.6 Å². The van der Waals surface area contributed by atoms with Crippen molar-refractivity contribution in [2.24, 2.45) is 10.8 Å². The number of ether oxygens (including phenoxy) is 1. The van der Waals surface area contributed by atoms with Crippen LogP contribution in [0.1, 0.15) is 54.0 Å². The fraction of sp³-hybridized carbons (Fsp3) is 0.276. The molecule has 188 valence electrons. The van der Waals surface area contributed by atoms with Gasteiger partial charge in [0.05, 0.1) is 32.2 Å². The molecular weight excluding hydrogens is 490 g/mol. The third-order valence-electron chi connectivity index (χ3n) is 8.37. The lowest BCUT2D eigenvalue weighted by Crippen LogP contribution is -2.62. The minimum atomic E-state index is -1.77. The molecule has 0 bridgehead atoms. The Balaban J connectivity index is 1.66. The summed E-state index contributed by atoms with van der Waals surface area (Å²) in [5, 5.41) is 12.9. The van der Waals surface area contributed by atoms with Crippen molar-refractivity contribution in [3.8, 4) is 11.5 Å². The van der Waals surface area contributed by atoms with Crippen molar-refractivity contribution in [3.05, 3.63) is 87.4 Å². The van der Waals surface area contributed by atoms with Gasteiger partial charge in [-0.3, -0.25) is 19.7 Å². The lowest BCUT2D eigenvalue weighted by atomic mass is 9.52. The number of imide groups is 1. The summed E-state index contributed by atoms with van der Waals surface area (Å²) in [7, 11) is -1.77. The number of phenolic OH excluding ortho intramolecular Hbond substituents is 1. The summed E-state index contributed by atoms with van der Waals surface area (Å²) in [5.74, 6) is -1.69. The Labute approximate surface area is 216 Å². The van der Waals surface area contributed by atoms with E-state index in [1.165, 1.54) is 6.07 Å². The van der Waals surface area contributed by atoms with E-state index in [2.05, 4.69) is 5.32 Å². The number of rotatable bonds is 2. The lowest BCUT2D eigenvalue weighted by Gasteiger charge is -2.58. The number of benzene rings is 2. The zero-order chi connectivity index (χ0) is 26.5. The summed E-state index contributed by atoms with van der Waals surface area (Å²) >= 11 is 0. The van der Waals surface area contributed by atoms with Crippen LogP contribution >= 0.6 is 0 Å². The number of hydrogen-bond donors (Lipinski definition) is 2. The summed E-state index contributed by atoms with van der Waals surface area (Å²) in [6.45, 7) is 7.57. The number of nitrogens with one attached hydrogen (secondary N) is 1. The summed E-state index contributed by atoms with van der Waals surface area (Å²) in [6.07, 6.45) is 5.87. The van der Waals surface area contributed by atoms with Crippen LogP contribution in [0.15, 0.2) is 75.6 Å². The molecule has 4 aliphatic rings. The van der Waals surface area contributed by atoms with E-state index in [0.29, 0.717) is 22.5 Å². The van der Waals surface area contributed by atoms with Crippen LogP contribution in [0, 0.1) is 10.8 Å². The predicted octanol–water partition coefficient (Wildman–Crippen LogP) is 4.14. The first-order chi connectivity index (χ1) is 17.4. The first-order valence-electron chi connectivity index (χ1n) is 12.0. The third-order valence-corrected chi connectivity index (χ3v) is 9.77. The Morgan fingerprint density at radius 2 is 1.68 bits per heavy atom. The van der Waals surface area contributed by atoms with Crippen molar-refractivity contribution < 1.29 is 28.4 Å². The van der Waals surface area contributed by atoms with Crippen LogP contribution in [-0.4, -0.2) is 32.5 Å². The highest BCUT2D eigenvalue weighted by atomic mass is 32.2. The van der Waals surface area contributed by atoms with E-state index in [1.807, 2.05) is 32.1 Å².